The van der Waals surface area contributed by atoms with Crippen molar-refractivity contribution in [2.75, 3.05) is 31.1 Å². The van der Waals surface area contributed by atoms with Gasteiger partial charge in [0.05, 0.1) is 6.42 Å². The zero-order valence-electron chi connectivity index (χ0n) is 10.5. The molecule has 1 saturated heterocycles. The Balaban J connectivity index is 2.29. The number of rotatable bonds is 4. The smallest absolute Gasteiger partial charge is 0.481 e. The van der Waals surface area contributed by atoms with E-state index in [9.17, 15) is 14.8 Å². The summed E-state index contributed by atoms with van der Waals surface area (Å²) in [6.45, 7) is 3.36. The van der Waals surface area contributed by atoms with E-state index >= 15 is 0 Å². The quantitative estimate of drug-likeness (QED) is 0.490. The summed E-state index contributed by atoms with van der Waals surface area (Å²) >= 11 is 0. The van der Waals surface area contributed by atoms with Crippen molar-refractivity contribution < 1.29 is 19.9 Å². The Labute approximate surface area is 111 Å². The topological polar surface area (TPSA) is 93.0 Å². The Morgan fingerprint density at radius 3 is 2.53 bits per heavy atom. The largest absolute Gasteiger partial charge is 0.488 e. The second-order valence-electron chi connectivity index (χ2n) is 4.61. The van der Waals surface area contributed by atoms with Gasteiger partial charge in [-0.05, 0) is 23.2 Å². The van der Waals surface area contributed by atoms with Crippen molar-refractivity contribution in [3.63, 3.8) is 0 Å². The Bertz CT molecular complexity index is 461. The Hall–Kier alpha value is -1.57. The fourth-order valence-electron chi connectivity index (χ4n) is 2.23. The highest BCUT2D eigenvalue weighted by Crippen LogP contribution is 2.16. The van der Waals surface area contributed by atoms with Crippen molar-refractivity contribution in [3.05, 3.63) is 23.8 Å². The number of nitrogens with one attached hydrogen (secondary N) is 1. The van der Waals surface area contributed by atoms with Gasteiger partial charge in [0.2, 0.25) is 0 Å². The van der Waals surface area contributed by atoms with Gasteiger partial charge < -0.3 is 25.4 Å². The SMILES string of the molecule is O=C(O)Cc1cc(B(O)O)cc(N2CCNCC2)c1. The summed E-state index contributed by atoms with van der Waals surface area (Å²) in [5.74, 6) is -0.934. The molecular formula is C12H17BN2O4. The molecule has 0 unspecified atom stereocenters. The summed E-state index contributed by atoms with van der Waals surface area (Å²) in [4.78, 5) is 12.9. The van der Waals surface area contributed by atoms with Gasteiger partial charge in [-0.1, -0.05) is 6.07 Å². The van der Waals surface area contributed by atoms with Gasteiger partial charge in [-0.15, -0.1) is 0 Å². The molecule has 6 nitrogen and oxygen atoms in total. The molecule has 7 heteroatoms. The minimum absolute atomic E-state index is 0.125. The van der Waals surface area contributed by atoms with Crippen LogP contribution < -0.4 is 15.7 Å². The summed E-state index contributed by atoms with van der Waals surface area (Å²) in [7, 11) is -1.59. The number of carbonyl (C=O) groups is 1. The summed E-state index contributed by atoms with van der Waals surface area (Å²) in [6, 6.07) is 5.01. The van der Waals surface area contributed by atoms with Crippen molar-refractivity contribution in [2.45, 2.75) is 6.42 Å². The molecule has 102 valence electrons. The van der Waals surface area contributed by atoms with Crippen LogP contribution in [0.1, 0.15) is 5.56 Å². The van der Waals surface area contributed by atoms with E-state index in [0.717, 1.165) is 31.9 Å². The van der Waals surface area contributed by atoms with Crippen molar-refractivity contribution in [1.29, 1.82) is 0 Å². The van der Waals surface area contributed by atoms with E-state index in [1.165, 1.54) is 6.07 Å². The zero-order chi connectivity index (χ0) is 13.8. The van der Waals surface area contributed by atoms with E-state index < -0.39 is 13.1 Å². The van der Waals surface area contributed by atoms with Gasteiger partial charge in [0.1, 0.15) is 0 Å². The van der Waals surface area contributed by atoms with Crippen LogP contribution in [0.15, 0.2) is 18.2 Å². The molecule has 0 saturated carbocycles. The Kier molecular flexibility index (Phi) is 4.41. The predicted molar refractivity (Wildman–Crippen MR) is 72.7 cm³/mol. The van der Waals surface area contributed by atoms with Gasteiger partial charge in [-0.25, -0.2) is 0 Å². The number of aliphatic carboxylic acids is 1. The molecule has 1 aromatic rings. The molecule has 1 fully saturated rings. The lowest BCUT2D eigenvalue weighted by molar-refractivity contribution is -0.136. The summed E-state index contributed by atoms with van der Waals surface area (Å²) < 4.78 is 0. The van der Waals surface area contributed by atoms with Crippen molar-refractivity contribution in [1.82, 2.24) is 5.32 Å². The molecule has 1 aromatic carbocycles. The lowest BCUT2D eigenvalue weighted by Gasteiger charge is -2.30. The first-order valence-electron chi connectivity index (χ1n) is 6.24. The van der Waals surface area contributed by atoms with E-state index in [1.54, 1.807) is 12.1 Å². The van der Waals surface area contributed by atoms with E-state index in [-0.39, 0.29) is 6.42 Å². The minimum Gasteiger partial charge on any atom is -0.481 e. The number of anilines is 1. The molecule has 0 aliphatic carbocycles. The fourth-order valence-corrected chi connectivity index (χ4v) is 2.23. The molecule has 0 bridgehead atoms. The third-order valence-electron chi connectivity index (χ3n) is 3.14. The van der Waals surface area contributed by atoms with Gasteiger partial charge in [0.25, 0.3) is 0 Å². The molecule has 19 heavy (non-hydrogen) atoms. The third kappa shape index (κ3) is 3.70. The molecule has 0 radical (unpaired) electrons. The lowest BCUT2D eigenvalue weighted by Crippen LogP contribution is -2.44. The van der Waals surface area contributed by atoms with Crippen LogP contribution in [0, 0.1) is 0 Å². The maximum Gasteiger partial charge on any atom is 0.488 e. The monoisotopic (exact) mass is 264 g/mol. The Morgan fingerprint density at radius 1 is 1.26 bits per heavy atom. The first-order chi connectivity index (χ1) is 9.06. The van der Waals surface area contributed by atoms with Gasteiger partial charge in [0, 0.05) is 31.9 Å². The fraction of sp³-hybridized carbons (Fsp3) is 0.417. The first kappa shape index (κ1) is 13.9. The van der Waals surface area contributed by atoms with E-state index in [0.29, 0.717) is 11.0 Å². The molecule has 0 amide bonds. The summed E-state index contributed by atoms with van der Waals surface area (Å²) in [5, 5.41) is 30.6. The van der Waals surface area contributed by atoms with E-state index in [4.69, 9.17) is 5.11 Å². The van der Waals surface area contributed by atoms with Crippen molar-refractivity contribution in [3.8, 4) is 0 Å². The van der Waals surface area contributed by atoms with Crippen LogP contribution in [0.2, 0.25) is 0 Å². The molecule has 0 aromatic heterocycles. The number of hydrogen-bond acceptors (Lipinski definition) is 5. The van der Waals surface area contributed by atoms with Crippen LogP contribution in [0.3, 0.4) is 0 Å². The second kappa shape index (κ2) is 6.05. The Morgan fingerprint density at radius 2 is 1.95 bits per heavy atom. The van der Waals surface area contributed by atoms with Gasteiger partial charge in [0.15, 0.2) is 0 Å². The average Bonchev–Trinajstić information content (AvgIpc) is 2.38. The molecule has 1 aliphatic rings. The van der Waals surface area contributed by atoms with Crippen LogP contribution >= 0.6 is 0 Å². The number of carboxylic acid groups (broad SMARTS) is 1. The highest BCUT2D eigenvalue weighted by Gasteiger charge is 2.17. The van der Waals surface area contributed by atoms with Crippen LogP contribution in [-0.2, 0) is 11.2 Å². The standard InChI is InChI=1S/C12H17BN2O4/c16-12(17)7-9-5-10(13(18)19)8-11(6-9)15-3-1-14-2-4-15/h5-6,8,14,18-19H,1-4,7H2,(H,16,17). The molecular weight excluding hydrogens is 247 g/mol. The number of benzene rings is 1. The molecule has 1 aliphatic heterocycles. The van der Waals surface area contributed by atoms with Crippen LogP contribution in [0.5, 0.6) is 0 Å². The maximum atomic E-state index is 10.8. The van der Waals surface area contributed by atoms with Gasteiger partial charge in [-0.3, -0.25) is 4.79 Å². The summed E-state index contributed by atoms with van der Waals surface area (Å²) in [6.07, 6.45) is -0.125. The average molecular weight is 264 g/mol. The zero-order valence-corrected chi connectivity index (χ0v) is 10.5. The number of carboxylic acids is 1. The lowest BCUT2D eigenvalue weighted by atomic mass is 9.79. The number of hydrogen-bond donors (Lipinski definition) is 4. The molecule has 0 spiro atoms. The maximum absolute atomic E-state index is 10.8. The van der Waals surface area contributed by atoms with Crippen molar-refractivity contribution >= 4 is 24.2 Å². The van der Waals surface area contributed by atoms with E-state index in [1.807, 2.05) is 0 Å². The highest BCUT2D eigenvalue weighted by molar-refractivity contribution is 6.58. The molecule has 2 rings (SSSR count). The van der Waals surface area contributed by atoms with Crippen molar-refractivity contribution in [2.24, 2.45) is 0 Å². The number of nitrogens with zero attached hydrogens (tertiary/aromatic N) is 1. The third-order valence-corrected chi connectivity index (χ3v) is 3.14. The normalized spacial score (nSPS) is 15.4. The first-order valence-corrected chi connectivity index (χ1v) is 6.24. The summed E-state index contributed by atoms with van der Waals surface area (Å²) in [5.41, 5.74) is 1.74. The van der Waals surface area contributed by atoms with Crippen LogP contribution in [0.4, 0.5) is 5.69 Å². The van der Waals surface area contributed by atoms with Gasteiger partial charge in [-0.2, -0.15) is 0 Å². The highest BCUT2D eigenvalue weighted by atomic mass is 16.4. The number of piperazine rings is 1. The van der Waals surface area contributed by atoms with E-state index in [2.05, 4.69) is 10.2 Å². The molecule has 4 N–H and O–H groups in total. The second-order valence-corrected chi connectivity index (χ2v) is 4.61. The van der Waals surface area contributed by atoms with Gasteiger partial charge >= 0.3 is 13.1 Å². The predicted octanol–water partition coefficient (Wildman–Crippen LogP) is -1.60. The molecule has 0 atom stereocenters. The molecule has 1 heterocycles. The van der Waals surface area contributed by atoms with Crippen LogP contribution in [-0.4, -0.2) is 54.4 Å². The van der Waals surface area contributed by atoms with Crippen LogP contribution in [0.25, 0.3) is 0 Å². The minimum atomic E-state index is -1.59.